The smallest absolute Gasteiger partial charge is 0.181 e. The first kappa shape index (κ1) is 11.4. The van der Waals surface area contributed by atoms with Crippen LogP contribution in [0.25, 0.3) is 11.4 Å². The molecule has 1 heterocycles. The number of ether oxygens (including phenoxy) is 2. The number of rotatable bonds is 4. The maximum absolute atomic E-state index is 5.21. The minimum absolute atomic E-state index is 0.652. The Kier molecular flexibility index (Phi) is 3.27. The summed E-state index contributed by atoms with van der Waals surface area (Å²) < 4.78 is 10.4. The van der Waals surface area contributed by atoms with Gasteiger partial charge in [0.15, 0.2) is 5.82 Å². The number of nitrogens with one attached hydrogen (secondary N) is 1. The van der Waals surface area contributed by atoms with Gasteiger partial charge in [0.1, 0.15) is 17.3 Å². The first-order valence-corrected chi connectivity index (χ1v) is 5.41. The Morgan fingerprint density at radius 2 is 1.76 bits per heavy atom. The third kappa shape index (κ3) is 2.38. The van der Waals surface area contributed by atoms with Crippen LogP contribution < -0.4 is 9.47 Å². The summed E-state index contributed by atoms with van der Waals surface area (Å²) in [4.78, 5) is 4.37. The van der Waals surface area contributed by atoms with E-state index in [2.05, 4.69) is 15.2 Å². The summed E-state index contributed by atoms with van der Waals surface area (Å²) in [6.45, 7) is 2.02. The molecule has 1 N–H and O–H groups in total. The first-order valence-electron chi connectivity index (χ1n) is 5.41. The maximum atomic E-state index is 5.21. The van der Waals surface area contributed by atoms with E-state index in [1.165, 1.54) is 0 Å². The second-order valence-corrected chi connectivity index (χ2v) is 3.56. The van der Waals surface area contributed by atoms with Gasteiger partial charge in [0, 0.05) is 18.1 Å². The molecule has 0 spiro atoms. The van der Waals surface area contributed by atoms with E-state index in [1.807, 2.05) is 25.1 Å². The lowest BCUT2D eigenvalue weighted by Crippen LogP contribution is -1.90. The van der Waals surface area contributed by atoms with Crippen molar-refractivity contribution in [2.24, 2.45) is 0 Å². The highest BCUT2D eigenvalue weighted by molar-refractivity contribution is 5.60. The number of benzene rings is 1. The second-order valence-electron chi connectivity index (χ2n) is 3.56. The van der Waals surface area contributed by atoms with Crippen LogP contribution in [0, 0.1) is 0 Å². The Labute approximate surface area is 99.8 Å². The van der Waals surface area contributed by atoms with E-state index in [1.54, 1.807) is 14.2 Å². The number of H-pyrrole nitrogens is 1. The molecule has 17 heavy (non-hydrogen) atoms. The molecule has 5 heteroatoms. The number of nitrogens with zero attached hydrogens (tertiary/aromatic N) is 2. The Bertz CT molecular complexity index is 486. The van der Waals surface area contributed by atoms with Crippen molar-refractivity contribution < 1.29 is 9.47 Å². The first-order chi connectivity index (χ1) is 8.26. The van der Waals surface area contributed by atoms with Crippen LogP contribution in [0.5, 0.6) is 11.5 Å². The summed E-state index contributed by atoms with van der Waals surface area (Å²) in [6, 6.07) is 5.58. The van der Waals surface area contributed by atoms with Gasteiger partial charge in [0.2, 0.25) is 0 Å². The van der Waals surface area contributed by atoms with Gasteiger partial charge in [-0.25, -0.2) is 4.98 Å². The predicted molar refractivity (Wildman–Crippen MR) is 64.3 cm³/mol. The lowest BCUT2D eigenvalue weighted by molar-refractivity contribution is 0.394. The molecule has 0 amide bonds. The van der Waals surface area contributed by atoms with Crippen LogP contribution in [0.3, 0.4) is 0 Å². The lowest BCUT2D eigenvalue weighted by atomic mass is 10.2. The molecule has 0 fully saturated rings. The molecule has 0 aliphatic heterocycles. The predicted octanol–water partition coefficient (Wildman–Crippen LogP) is 2.05. The molecule has 0 saturated heterocycles. The highest BCUT2D eigenvalue weighted by atomic mass is 16.5. The van der Waals surface area contributed by atoms with Crippen molar-refractivity contribution in [1.82, 2.24) is 15.2 Å². The fraction of sp³-hybridized carbons (Fsp3) is 0.333. The number of methoxy groups -OCH3 is 2. The number of hydrogen-bond acceptors (Lipinski definition) is 4. The van der Waals surface area contributed by atoms with E-state index in [0.29, 0.717) is 5.82 Å². The summed E-state index contributed by atoms with van der Waals surface area (Å²) in [5, 5.41) is 7.05. The van der Waals surface area contributed by atoms with Gasteiger partial charge in [0.25, 0.3) is 0 Å². The summed E-state index contributed by atoms with van der Waals surface area (Å²) in [7, 11) is 3.24. The van der Waals surface area contributed by atoms with Gasteiger partial charge in [-0.05, 0) is 12.1 Å². The van der Waals surface area contributed by atoms with Gasteiger partial charge in [-0.3, -0.25) is 5.10 Å². The minimum atomic E-state index is 0.652. The van der Waals surface area contributed by atoms with Gasteiger partial charge < -0.3 is 9.47 Å². The zero-order valence-electron chi connectivity index (χ0n) is 10.2. The molecule has 1 aromatic heterocycles. The fourth-order valence-electron chi connectivity index (χ4n) is 1.52. The number of aromatic nitrogens is 3. The minimum Gasteiger partial charge on any atom is -0.497 e. The highest BCUT2D eigenvalue weighted by Crippen LogP contribution is 2.27. The standard InChI is InChI=1S/C12H15N3O2/c1-4-11-13-12(15-14-11)8-5-9(16-2)7-10(6-8)17-3/h5-7H,4H2,1-3H3,(H,13,14,15). The SMILES string of the molecule is CCc1nc(-c2cc(OC)cc(OC)c2)n[nH]1. The number of aromatic amines is 1. The van der Waals surface area contributed by atoms with E-state index in [4.69, 9.17) is 9.47 Å². The van der Waals surface area contributed by atoms with Crippen molar-refractivity contribution >= 4 is 0 Å². The molecule has 1 aromatic carbocycles. The molecular formula is C12H15N3O2. The summed E-state index contributed by atoms with van der Waals surface area (Å²) >= 11 is 0. The zero-order chi connectivity index (χ0) is 12.3. The molecule has 0 saturated carbocycles. The monoisotopic (exact) mass is 233 g/mol. The maximum Gasteiger partial charge on any atom is 0.181 e. The summed E-state index contributed by atoms with van der Waals surface area (Å²) in [5.41, 5.74) is 0.872. The molecule has 0 aliphatic rings. The number of hydrogen-bond donors (Lipinski definition) is 1. The Morgan fingerprint density at radius 3 is 2.24 bits per heavy atom. The third-order valence-electron chi connectivity index (χ3n) is 2.48. The van der Waals surface area contributed by atoms with Gasteiger partial charge in [-0.1, -0.05) is 6.92 Å². The average molecular weight is 233 g/mol. The van der Waals surface area contributed by atoms with E-state index < -0.39 is 0 Å². The van der Waals surface area contributed by atoms with Crippen LogP contribution in [0.2, 0.25) is 0 Å². The van der Waals surface area contributed by atoms with E-state index >= 15 is 0 Å². The van der Waals surface area contributed by atoms with Gasteiger partial charge in [0.05, 0.1) is 14.2 Å². The molecule has 90 valence electrons. The Hall–Kier alpha value is -2.04. The van der Waals surface area contributed by atoms with Crippen molar-refractivity contribution in [1.29, 1.82) is 0 Å². The van der Waals surface area contributed by atoms with Crippen LogP contribution in [-0.2, 0) is 6.42 Å². The molecule has 0 radical (unpaired) electrons. The van der Waals surface area contributed by atoms with Crippen molar-refractivity contribution in [3.8, 4) is 22.9 Å². The van der Waals surface area contributed by atoms with Crippen LogP contribution in [0.1, 0.15) is 12.7 Å². The van der Waals surface area contributed by atoms with E-state index in [-0.39, 0.29) is 0 Å². The van der Waals surface area contributed by atoms with E-state index in [0.717, 1.165) is 29.3 Å². The third-order valence-corrected chi connectivity index (χ3v) is 2.48. The lowest BCUT2D eigenvalue weighted by Gasteiger charge is -2.05. The van der Waals surface area contributed by atoms with Crippen LogP contribution in [-0.4, -0.2) is 29.4 Å². The van der Waals surface area contributed by atoms with Gasteiger partial charge >= 0.3 is 0 Å². The van der Waals surface area contributed by atoms with Crippen molar-refractivity contribution in [2.45, 2.75) is 13.3 Å². The van der Waals surface area contributed by atoms with Crippen LogP contribution >= 0.6 is 0 Å². The molecule has 0 unspecified atom stereocenters. The summed E-state index contributed by atoms with van der Waals surface area (Å²) in [5.74, 6) is 2.96. The van der Waals surface area contributed by atoms with Gasteiger partial charge in [-0.15, -0.1) is 0 Å². The fourth-order valence-corrected chi connectivity index (χ4v) is 1.52. The normalized spacial score (nSPS) is 10.3. The Balaban J connectivity index is 2.43. The topological polar surface area (TPSA) is 60.0 Å². The summed E-state index contributed by atoms with van der Waals surface area (Å²) in [6.07, 6.45) is 0.827. The number of aryl methyl sites for hydroxylation is 1. The molecule has 5 nitrogen and oxygen atoms in total. The van der Waals surface area contributed by atoms with Gasteiger partial charge in [-0.2, -0.15) is 5.10 Å². The van der Waals surface area contributed by atoms with Crippen LogP contribution in [0.15, 0.2) is 18.2 Å². The van der Waals surface area contributed by atoms with Crippen molar-refractivity contribution in [2.75, 3.05) is 14.2 Å². The van der Waals surface area contributed by atoms with Crippen molar-refractivity contribution in [3.63, 3.8) is 0 Å². The second kappa shape index (κ2) is 4.86. The largest absolute Gasteiger partial charge is 0.497 e. The molecule has 0 bridgehead atoms. The Morgan fingerprint density at radius 1 is 1.12 bits per heavy atom. The highest BCUT2D eigenvalue weighted by Gasteiger charge is 2.08. The molecule has 2 rings (SSSR count). The van der Waals surface area contributed by atoms with Crippen molar-refractivity contribution in [3.05, 3.63) is 24.0 Å². The molecule has 2 aromatic rings. The quantitative estimate of drug-likeness (QED) is 0.878. The van der Waals surface area contributed by atoms with E-state index in [9.17, 15) is 0 Å². The zero-order valence-corrected chi connectivity index (χ0v) is 10.2. The average Bonchev–Trinajstić information content (AvgIpc) is 2.86. The molecular weight excluding hydrogens is 218 g/mol. The molecule has 0 aliphatic carbocycles. The van der Waals surface area contributed by atoms with Crippen LogP contribution in [0.4, 0.5) is 0 Å². The molecule has 0 atom stereocenters.